The second-order valence-corrected chi connectivity index (χ2v) is 6.48. The number of nitrogens with one attached hydrogen (secondary N) is 1. The Labute approximate surface area is 156 Å². The van der Waals surface area contributed by atoms with Crippen LogP contribution in [-0.2, 0) is 11.2 Å². The minimum atomic E-state index is -0.377. The monoisotopic (exact) mass is 364 g/mol. The van der Waals surface area contributed by atoms with Crippen LogP contribution in [0.2, 0.25) is 0 Å². The van der Waals surface area contributed by atoms with Gasteiger partial charge >= 0.3 is 6.09 Å². The predicted molar refractivity (Wildman–Crippen MR) is 100 cm³/mol. The van der Waals surface area contributed by atoms with Crippen LogP contribution in [0.25, 0.3) is 11.0 Å². The van der Waals surface area contributed by atoms with Crippen LogP contribution in [0, 0.1) is 0 Å². The Hall–Kier alpha value is -3.35. The predicted octanol–water partition coefficient (Wildman–Crippen LogP) is 2.45. The summed E-state index contributed by atoms with van der Waals surface area (Å²) < 4.78 is 5.35. The minimum absolute atomic E-state index is 0.0601. The molecule has 7 nitrogen and oxygen atoms in total. The van der Waals surface area contributed by atoms with Crippen molar-refractivity contribution in [2.45, 2.75) is 6.42 Å². The average Bonchev–Trinajstić information content (AvgIpc) is 3.16. The number of carbonyl (C=O) groups excluding carboxylic acids is 2. The van der Waals surface area contributed by atoms with E-state index in [0.717, 1.165) is 16.6 Å². The van der Waals surface area contributed by atoms with Crippen LogP contribution in [0.3, 0.4) is 0 Å². The van der Waals surface area contributed by atoms with Crippen molar-refractivity contribution in [3.05, 3.63) is 60.4 Å². The second-order valence-electron chi connectivity index (χ2n) is 6.48. The highest BCUT2D eigenvalue weighted by Gasteiger charge is 2.25. The summed E-state index contributed by atoms with van der Waals surface area (Å²) in [6, 6.07) is 14.8. The fourth-order valence-electron chi connectivity index (χ4n) is 3.17. The molecule has 1 aromatic heterocycles. The third kappa shape index (κ3) is 3.92. The molecule has 0 saturated carbocycles. The van der Waals surface area contributed by atoms with E-state index < -0.39 is 0 Å². The number of imidazole rings is 1. The lowest BCUT2D eigenvalue weighted by Crippen LogP contribution is -2.51. The fraction of sp³-hybridized carbons (Fsp3) is 0.250. The molecule has 2 heterocycles. The zero-order chi connectivity index (χ0) is 18.6. The van der Waals surface area contributed by atoms with Gasteiger partial charge in [0.1, 0.15) is 5.75 Å². The molecule has 1 fully saturated rings. The highest BCUT2D eigenvalue weighted by atomic mass is 16.6. The number of hydrogen-bond donors (Lipinski definition) is 1. The van der Waals surface area contributed by atoms with E-state index in [2.05, 4.69) is 9.97 Å². The lowest BCUT2D eigenvalue weighted by Gasteiger charge is -2.34. The third-order valence-corrected chi connectivity index (χ3v) is 4.68. The summed E-state index contributed by atoms with van der Waals surface area (Å²) in [4.78, 5) is 35.5. The van der Waals surface area contributed by atoms with Crippen molar-refractivity contribution in [1.82, 2.24) is 19.8 Å². The molecule has 1 aliphatic heterocycles. The molecule has 2 amide bonds. The van der Waals surface area contributed by atoms with Crippen molar-refractivity contribution in [3.63, 3.8) is 0 Å². The van der Waals surface area contributed by atoms with E-state index >= 15 is 0 Å². The van der Waals surface area contributed by atoms with Crippen molar-refractivity contribution in [3.8, 4) is 5.75 Å². The first-order chi connectivity index (χ1) is 13.2. The van der Waals surface area contributed by atoms with Crippen LogP contribution in [0.1, 0.15) is 5.56 Å². The SMILES string of the molecule is O=C(Cc1ccc2nc[nH]c2c1)N1CCN(C(=O)Oc2ccccc2)CC1. The van der Waals surface area contributed by atoms with Crippen LogP contribution < -0.4 is 4.74 Å². The van der Waals surface area contributed by atoms with Crippen LogP contribution in [0.5, 0.6) is 5.75 Å². The molecule has 3 aromatic rings. The molecular formula is C20H20N4O3. The Kier molecular flexibility index (Phi) is 4.74. The molecule has 0 aliphatic carbocycles. The Morgan fingerprint density at radius 1 is 1.00 bits per heavy atom. The summed E-state index contributed by atoms with van der Waals surface area (Å²) in [6.07, 6.45) is 1.60. The summed E-state index contributed by atoms with van der Waals surface area (Å²) in [5.41, 5.74) is 2.76. The Bertz CT molecular complexity index is 946. The van der Waals surface area contributed by atoms with E-state index in [1.807, 2.05) is 36.4 Å². The van der Waals surface area contributed by atoms with Crippen LogP contribution in [-0.4, -0.2) is 57.9 Å². The number of para-hydroxylation sites is 1. The molecular weight excluding hydrogens is 344 g/mol. The van der Waals surface area contributed by atoms with Crippen LogP contribution >= 0.6 is 0 Å². The second kappa shape index (κ2) is 7.49. The quantitative estimate of drug-likeness (QED) is 0.774. The summed E-state index contributed by atoms with van der Waals surface area (Å²) in [5.74, 6) is 0.583. The van der Waals surface area contributed by atoms with Crippen molar-refractivity contribution < 1.29 is 14.3 Å². The summed E-state index contributed by atoms with van der Waals surface area (Å²) in [6.45, 7) is 1.96. The zero-order valence-corrected chi connectivity index (χ0v) is 14.8. The van der Waals surface area contributed by atoms with Gasteiger partial charge in [-0.1, -0.05) is 24.3 Å². The molecule has 1 N–H and O–H groups in total. The number of rotatable bonds is 3. The Balaban J connectivity index is 1.30. The number of aromatic nitrogens is 2. The standard InChI is InChI=1S/C20H20N4O3/c25-19(13-15-6-7-17-18(12-15)22-14-21-17)23-8-10-24(11-9-23)20(26)27-16-4-2-1-3-5-16/h1-7,12,14H,8-11,13H2,(H,21,22). The molecule has 0 bridgehead atoms. The van der Waals surface area contributed by atoms with Gasteiger partial charge in [0.25, 0.3) is 0 Å². The van der Waals surface area contributed by atoms with Crippen molar-refractivity contribution >= 4 is 23.0 Å². The number of ether oxygens (including phenoxy) is 1. The third-order valence-electron chi connectivity index (χ3n) is 4.68. The van der Waals surface area contributed by atoms with Gasteiger partial charge in [-0.2, -0.15) is 0 Å². The molecule has 0 atom stereocenters. The number of aromatic amines is 1. The number of piperazine rings is 1. The highest BCUT2D eigenvalue weighted by Crippen LogP contribution is 2.15. The summed E-state index contributed by atoms with van der Waals surface area (Å²) in [7, 11) is 0. The Morgan fingerprint density at radius 2 is 1.74 bits per heavy atom. The van der Waals surface area contributed by atoms with Gasteiger partial charge < -0.3 is 19.5 Å². The van der Waals surface area contributed by atoms with E-state index in [1.54, 1.807) is 28.3 Å². The summed E-state index contributed by atoms with van der Waals surface area (Å²) >= 11 is 0. The van der Waals surface area contributed by atoms with Gasteiger partial charge in [0, 0.05) is 26.2 Å². The van der Waals surface area contributed by atoms with Crippen molar-refractivity contribution in [1.29, 1.82) is 0 Å². The van der Waals surface area contributed by atoms with Gasteiger partial charge in [-0.25, -0.2) is 9.78 Å². The molecule has 0 unspecified atom stereocenters. The van der Waals surface area contributed by atoms with Gasteiger partial charge in [0.05, 0.1) is 23.8 Å². The number of nitrogens with zero attached hydrogens (tertiary/aromatic N) is 3. The van der Waals surface area contributed by atoms with Crippen molar-refractivity contribution in [2.75, 3.05) is 26.2 Å². The first kappa shape index (κ1) is 17.1. The van der Waals surface area contributed by atoms with Gasteiger partial charge in [-0.15, -0.1) is 0 Å². The molecule has 1 saturated heterocycles. The molecule has 27 heavy (non-hydrogen) atoms. The maximum absolute atomic E-state index is 12.6. The fourth-order valence-corrected chi connectivity index (χ4v) is 3.17. The molecule has 138 valence electrons. The van der Waals surface area contributed by atoms with Gasteiger partial charge in [-0.05, 0) is 29.8 Å². The normalized spacial score (nSPS) is 14.4. The van der Waals surface area contributed by atoms with Crippen LogP contribution in [0.15, 0.2) is 54.9 Å². The molecule has 2 aromatic carbocycles. The molecule has 0 spiro atoms. The molecule has 7 heteroatoms. The van der Waals surface area contributed by atoms with Crippen LogP contribution in [0.4, 0.5) is 4.79 Å². The average molecular weight is 364 g/mol. The first-order valence-electron chi connectivity index (χ1n) is 8.90. The van der Waals surface area contributed by atoms with E-state index in [9.17, 15) is 9.59 Å². The maximum Gasteiger partial charge on any atom is 0.415 e. The molecule has 1 aliphatic rings. The molecule has 0 radical (unpaired) electrons. The maximum atomic E-state index is 12.6. The number of fused-ring (bicyclic) bond motifs is 1. The zero-order valence-electron chi connectivity index (χ0n) is 14.8. The highest BCUT2D eigenvalue weighted by molar-refractivity contribution is 5.82. The topological polar surface area (TPSA) is 78.5 Å². The lowest BCUT2D eigenvalue weighted by molar-refractivity contribution is -0.132. The van der Waals surface area contributed by atoms with Gasteiger partial charge in [-0.3, -0.25) is 4.79 Å². The summed E-state index contributed by atoms with van der Waals surface area (Å²) in [5, 5.41) is 0. The minimum Gasteiger partial charge on any atom is -0.410 e. The number of amides is 2. The van der Waals surface area contributed by atoms with Crippen molar-refractivity contribution in [2.24, 2.45) is 0 Å². The number of carbonyl (C=O) groups is 2. The van der Waals surface area contributed by atoms with E-state index in [4.69, 9.17) is 4.74 Å². The van der Waals surface area contributed by atoms with E-state index in [0.29, 0.717) is 38.3 Å². The van der Waals surface area contributed by atoms with Gasteiger partial charge in [0.2, 0.25) is 5.91 Å². The van der Waals surface area contributed by atoms with Gasteiger partial charge in [0.15, 0.2) is 0 Å². The number of H-pyrrole nitrogens is 1. The number of hydrogen-bond acceptors (Lipinski definition) is 4. The first-order valence-corrected chi connectivity index (χ1v) is 8.90. The Morgan fingerprint density at radius 3 is 2.52 bits per heavy atom. The largest absolute Gasteiger partial charge is 0.415 e. The number of benzene rings is 2. The lowest BCUT2D eigenvalue weighted by atomic mass is 10.1. The van der Waals surface area contributed by atoms with E-state index in [-0.39, 0.29) is 12.0 Å². The van der Waals surface area contributed by atoms with E-state index in [1.165, 1.54) is 0 Å². The smallest absolute Gasteiger partial charge is 0.410 e. The molecule has 4 rings (SSSR count).